The number of amides is 1. The standard InChI is InChI=1S/C15H24N2O2/c1-12(11-15(18)17-10-4-3-9-16)13-5-7-14(19-2)8-6-13/h5-8,12H,3-4,9-11,16H2,1-2H3,(H,17,18). The molecule has 0 aliphatic carbocycles. The molecule has 3 N–H and O–H groups in total. The molecular formula is C15H24N2O2. The van der Waals surface area contributed by atoms with Crippen molar-refractivity contribution in [3.63, 3.8) is 0 Å². The average Bonchev–Trinajstić information content (AvgIpc) is 2.43. The van der Waals surface area contributed by atoms with Crippen LogP contribution < -0.4 is 15.8 Å². The fraction of sp³-hybridized carbons (Fsp3) is 0.533. The third-order valence-corrected chi connectivity index (χ3v) is 3.13. The van der Waals surface area contributed by atoms with E-state index in [2.05, 4.69) is 12.2 Å². The van der Waals surface area contributed by atoms with E-state index in [1.165, 1.54) is 0 Å². The summed E-state index contributed by atoms with van der Waals surface area (Å²) in [5.74, 6) is 1.14. The van der Waals surface area contributed by atoms with E-state index in [9.17, 15) is 4.79 Å². The zero-order valence-electron chi connectivity index (χ0n) is 11.8. The van der Waals surface area contributed by atoms with Crippen LogP contribution in [0, 0.1) is 0 Å². The third-order valence-electron chi connectivity index (χ3n) is 3.13. The lowest BCUT2D eigenvalue weighted by Gasteiger charge is -2.12. The van der Waals surface area contributed by atoms with Crippen LogP contribution in [-0.4, -0.2) is 26.1 Å². The predicted molar refractivity (Wildman–Crippen MR) is 77.3 cm³/mol. The van der Waals surface area contributed by atoms with E-state index in [4.69, 9.17) is 10.5 Å². The van der Waals surface area contributed by atoms with Gasteiger partial charge in [-0.2, -0.15) is 0 Å². The van der Waals surface area contributed by atoms with Gasteiger partial charge in [-0.15, -0.1) is 0 Å². The monoisotopic (exact) mass is 264 g/mol. The van der Waals surface area contributed by atoms with Gasteiger partial charge in [0.25, 0.3) is 0 Å². The maximum absolute atomic E-state index is 11.7. The lowest BCUT2D eigenvalue weighted by atomic mass is 9.97. The molecule has 106 valence electrons. The van der Waals surface area contributed by atoms with Gasteiger partial charge in [0.05, 0.1) is 7.11 Å². The van der Waals surface area contributed by atoms with Gasteiger partial charge in [-0.05, 0) is 43.0 Å². The maximum Gasteiger partial charge on any atom is 0.220 e. The van der Waals surface area contributed by atoms with E-state index in [0.717, 1.165) is 24.2 Å². The molecule has 1 aromatic rings. The Bertz CT molecular complexity index is 376. The molecule has 4 nitrogen and oxygen atoms in total. The molecule has 0 bridgehead atoms. The van der Waals surface area contributed by atoms with Gasteiger partial charge in [0.2, 0.25) is 5.91 Å². The highest BCUT2D eigenvalue weighted by Gasteiger charge is 2.10. The fourth-order valence-electron chi connectivity index (χ4n) is 1.90. The lowest BCUT2D eigenvalue weighted by Crippen LogP contribution is -2.25. The molecule has 0 aliphatic heterocycles. The van der Waals surface area contributed by atoms with Gasteiger partial charge in [0.15, 0.2) is 0 Å². The number of unbranched alkanes of at least 4 members (excludes halogenated alkanes) is 1. The highest BCUT2D eigenvalue weighted by atomic mass is 16.5. The zero-order valence-corrected chi connectivity index (χ0v) is 11.8. The Morgan fingerprint density at radius 1 is 1.32 bits per heavy atom. The van der Waals surface area contributed by atoms with Crippen LogP contribution in [0.3, 0.4) is 0 Å². The Hall–Kier alpha value is -1.55. The molecule has 0 fully saturated rings. The number of carbonyl (C=O) groups is 1. The Morgan fingerprint density at radius 2 is 2.00 bits per heavy atom. The van der Waals surface area contributed by atoms with Crippen LogP contribution >= 0.6 is 0 Å². The second kappa shape index (κ2) is 8.53. The van der Waals surface area contributed by atoms with Crippen molar-refractivity contribution in [1.82, 2.24) is 5.32 Å². The smallest absolute Gasteiger partial charge is 0.220 e. The number of carbonyl (C=O) groups excluding carboxylic acids is 1. The summed E-state index contributed by atoms with van der Waals surface area (Å²) >= 11 is 0. The van der Waals surface area contributed by atoms with Gasteiger partial charge < -0.3 is 15.8 Å². The van der Waals surface area contributed by atoms with Crippen LogP contribution in [0.1, 0.15) is 37.7 Å². The number of hydrogen-bond donors (Lipinski definition) is 2. The zero-order chi connectivity index (χ0) is 14.1. The van der Waals surface area contributed by atoms with Crippen molar-refractivity contribution in [2.45, 2.75) is 32.1 Å². The van der Waals surface area contributed by atoms with E-state index >= 15 is 0 Å². The third kappa shape index (κ3) is 5.75. The lowest BCUT2D eigenvalue weighted by molar-refractivity contribution is -0.121. The van der Waals surface area contributed by atoms with E-state index in [0.29, 0.717) is 19.5 Å². The number of rotatable bonds is 8. The number of methoxy groups -OCH3 is 1. The summed E-state index contributed by atoms with van der Waals surface area (Å²) in [5.41, 5.74) is 6.55. The number of nitrogens with one attached hydrogen (secondary N) is 1. The molecule has 0 saturated heterocycles. The minimum atomic E-state index is 0.0975. The highest BCUT2D eigenvalue weighted by Crippen LogP contribution is 2.21. The van der Waals surface area contributed by atoms with E-state index in [1.807, 2.05) is 24.3 Å². The molecule has 1 aromatic carbocycles. The average molecular weight is 264 g/mol. The van der Waals surface area contributed by atoms with Crippen LogP contribution in [0.4, 0.5) is 0 Å². The van der Waals surface area contributed by atoms with Crippen molar-refractivity contribution >= 4 is 5.91 Å². The van der Waals surface area contributed by atoms with Crippen molar-refractivity contribution in [2.75, 3.05) is 20.2 Å². The predicted octanol–water partition coefficient (Wildman–Crippen LogP) is 2.04. The molecule has 0 aliphatic rings. The topological polar surface area (TPSA) is 64.3 Å². The van der Waals surface area contributed by atoms with Gasteiger partial charge in [-0.25, -0.2) is 0 Å². The summed E-state index contributed by atoms with van der Waals surface area (Å²) in [6.45, 7) is 3.45. The van der Waals surface area contributed by atoms with Crippen molar-refractivity contribution in [3.8, 4) is 5.75 Å². The number of nitrogens with two attached hydrogens (primary N) is 1. The van der Waals surface area contributed by atoms with Gasteiger partial charge in [-0.1, -0.05) is 19.1 Å². The molecule has 19 heavy (non-hydrogen) atoms. The molecule has 0 saturated carbocycles. The Balaban J connectivity index is 2.36. The molecular weight excluding hydrogens is 240 g/mol. The SMILES string of the molecule is COc1ccc(C(C)CC(=O)NCCCCN)cc1. The van der Waals surface area contributed by atoms with Gasteiger partial charge in [0.1, 0.15) is 5.75 Å². The maximum atomic E-state index is 11.7. The summed E-state index contributed by atoms with van der Waals surface area (Å²) in [6.07, 6.45) is 2.41. The first-order valence-electron chi connectivity index (χ1n) is 6.78. The fourth-order valence-corrected chi connectivity index (χ4v) is 1.90. The minimum Gasteiger partial charge on any atom is -0.497 e. The summed E-state index contributed by atoms with van der Waals surface area (Å²) in [6, 6.07) is 7.85. The molecule has 0 spiro atoms. The summed E-state index contributed by atoms with van der Waals surface area (Å²) < 4.78 is 5.12. The highest BCUT2D eigenvalue weighted by molar-refractivity contribution is 5.76. The molecule has 0 heterocycles. The molecule has 4 heteroatoms. The molecule has 1 atom stereocenters. The van der Waals surface area contributed by atoms with Crippen molar-refractivity contribution in [2.24, 2.45) is 5.73 Å². The van der Waals surface area contributed by atoms with Gasteiger partial charge >= 0.3 is 0 Å². The van der Waals surface area contributed by atoms with Gasteiger partial charge in [-0.3, -0.25) is 4.79 Å². The van der Waals surface area contributed by atoms with Crippen LogP contribution in [0.2, 0.25) is 0 Å². The van der Waals surface area contributed by atoms with Crippen LogP contribution in [0.25, 0.3) is 0 Å². The summed E-state index contributed by atoms with van der Waals surface area (Å²) in [5, 5.41) is 2.92. The summed E-state index contributed by atoms with van der Waals surface area (Å²) in [4.78, 5) is 11.7. The van der Waals surface area contributed by atoms with Crippen molar-refractivity contribution < 1.29 is 9.53 Å². The minimum absolute atomic E-state index is 0.0975. The second-order valence-electron chi connectivity index (χ2n) is 4.72. The first-order chi connectivity index (χ1) is 9.17. The van der Waals surface area contributed by atoms with Crippen molar-refractivity contribution in [3.05, 3.63) is 29.8 Å². The first-order valence-corrected chi connectivity index (χ1v) is 6.78. The molecule has 1 amide bonds. The first kappa shape index (κ1) is 15.5. The Kier molecular flexibility index (Phi) is 6.97. The van der Waals surface area contributed by atoms with Crippen LogP contribution in [0.5, 0.6) is 5.75 Å². The quantitative estimate of drug-likeness (QED) is 0.706. The van der Waals surface area contributed by atoms with Crippen molar-refractivity contribution in [1.29, 1.82) is 0 Å². The molecule has 0 radical (unpaired) electrons. The molecule has 0 aromatic heterocycles. The number of hydrogen-bond acceptors (Lipinski definition) is 3. The van der Waals surface area contributed by atoms with E-state index in [1.54, 1.807) is 7.11 Å². The molecule has 1 rings (SSSR count). The van der Waals surface area contributed by atoms with Gasteiger partial charge in [0, 0.05) is 13.0 Å². The van der Waals surface area contributed by atoms with E-state index < -0.39 is 0 Å². The Labute approximate surface area is 115 Å². The van der Waals surface area contributed by atoms with E-state index in [-0.39, 0.29) is 11.8 Å². The summed E-state index contributed by atoms with van der Waals surface area (Å²) in [7, 11) is 1.65. The molecule has 1 unspecified atom stereocenters. The largest absolute Gasteiger partial charge is 0.497 e. The normalized spacial score (nSPS) is 11.9. The number of benzene rings is 1. The number of ether oxygens (including phenoxy) is 1. The van der Waals surface area contributed by atoms with Crippen LogP contribution in [-0.2, 0) is 4.79 Å². The van der Waals surface area contributed by atoms with Crippen LogP contribution in [0.15, 0.2) is 24.3 Å². The second-order valence-corrected chi connectivity index (χ2v) is 4.72. The Morgan fingerprint density at radius 3 is 2.58 bits per heavy atom.